The number of nitrogens with one attached hydrogen (secondary N) is 1. The van der Waals surface area contributed by atoms with Gasteiger partial charge in [-0.25, -0.2) is 18.7 Å². The Morgan fingerprint density at radius 1 is 1.22 bits per heavy atom. The maximum absolute atomic E-state index is 14.4. The van der Waals surface area contributed by atoms with E-state index in [0.717, 1.165) is 16.8 Å². The normalized spacial score (nSPS) is 13.9. The summed E-state index contributed by atoms with van der Waals surface area (Å²) in [4.78, 5) is 23.9. The number of aryl methyl sites for hydroxylation is 1. The first-order valence-corrected chi connectivity index (χ1v) is 10.3. The van der Waals surface area contributed by atoms with Gasteiger partial charge in [-0.3, -0.25) is 9.78 Å². The number of rotatable bonds is 9. The number of aromatic nitrogens is 3. The van der Waals surface area contributed by atoms with Gasteiger partial charge in [-0.05, 0) is 43.5 Å². The molecule has 0 aliphatic carbocycles. The van der Waals surface area contributed by atoms with Gasteiger partial charge in [0.1, 0.15) is 5.82 Å². The third-order valence-corrected chi connectivity index (χ3v) is 5.30. The zero-order chi connectivity index (χ0) is 23.3. The lowest BCUT2D eigenvalue weighted by molar-refractivity contribution is -0.136. The number of benzene rings is 1. The predicted molar refractivity (Wildman–Crippen MR) is 119 cm³/mol. The van der Waals surface area contributed by atoms with Crippen molar-refractivity contribution >= 4 is 11.9 Å². The first-order valence-electron chi connectivity index (χ1n) is 10.3. The smallest absolute Gasteiger partial charge is 0.307 e. The van der Waals surface area contributed by atoms with Crippen molar-refractivity contribution in [2.45, 2.75) is 45.2 Å². The van der Waals surface area contributed by atoms with Crippen molar-refractivity contribution in [1.82, 2.24) is 15.0 Å². The summed E-state index contributed by atoms with van der Waals surface area (Å²) in [6.45, 7) is 5.25. The minimum atomic E-state index is -1.14. The molecule has 3 rings (SSSR count). The van der Waals surface area contributed by atoms with Crippen molar-refractivity contribution in [3.63, 3.8) is 0 Å². The number of aliphatic carboxylic acids is 1. The Morgan fingerprint density at radius 3 is 2.53 bits per heavy atom. The van der Waals surface area contributed by atoms with Crippen LogP contribution in [-0.2, 0) is 16.6 Å². The number of nitrogens with zero attached hydrogens (tertiary/aromatic N) is 3. The van der Waals surface area contributed by atoms with Crippen molar-refractivity contribution in [3.05, 3.63) is 71.6 Å². The standard InChI is InChI=1S/C24H26F2N4O2/c1-15(25)12-24(3,22-20(26)5-4-10-27-22)14-29-23-28-13-19(16(2)30-23)18-8-6-17(7-9-18)11-21(31)32/h4-10,13,15H,11-12,14H2,1-3H3,(H,31,32)(H,28,29,30)/t15-,24-/m1/s1. The molecule has 8 heteroatoms. The molecule has 0 bridgehead atoms. The highest BCUT2D eigenvalue weighted by Crippen LogP contribution is 2.31. The first-order chi connectivity index (χ1) is 15.2. The molecule has 0 unspecified atom stereocenters. The molecule has 2 heterocycles. The van der Waals surface area contributed by atoms with Gasteiger partial charge in [0.05, 0.1) is 24.0 Å². The predicted octanol–water partition coefficient (Wildman–Crippen LogP) is 4.73. The molecule has 1 aromatic carbocycles. The average molecular weight is 440 g/mol. The number of halogens is 2. The number of pyridine rings is 1. The molecule has 6 nitrogen and oxygen atoms in total. The van der Waals surface area contributed by atoms with Crippen LogP contribution in [0.5, 0.6) is 0 Å². The zero-order valence-corrected chi connectivity index (χ0v) is 18.3. The van der Waals surface area contributed by atoms with Gasteiger partial charge in [0.25, 0.3) is 0 Å². The molecule has 0 saturated heterocycles. The van der Waals surface area contributed by atoms with Gasteiger partial charge in [0.2, 0.25) is 5.95 Å². The summed E-state index contributed by atoms with van der Waals surface area (Å²) in [6, 6.07) is 10.0. The van der Waals surface area contributed by atoms with E-state index in [0.29, 0.717) is 11.5 Å². The lowest BCUT2D eigenvalue weighted by Crippen LogP contribution is -2.36. The lowest BCUT2D eigenvalue weighted by atomic mass is 9.81. The van der Waals surface area contributed by atoms with E-state index in [4.69, 9.17) is 5.11 Å². The van der Waals surface area contributed by atoms with Crippen LogP contribution in [0.2, 0.25) is 0 Å². The third kappa shape index (κ3) is 5.63. The molecule has 0 spiro atoms. The number of hydrogen-bond acceptors (Lipinski definition) is 5. The number of hydrogen-bond donors (Lipinski definition) is 2. The van der Waals surface area contributed by atoms with Crippen LogP contribution < -0.4 is 5.32 Å². The van der Waals surface area contributed by atoms with Crippen LogP contribution in [0.3, 0.4) is 0 Å². The Kier molecular flexibility index (Phi) is 7.12. The molecule has 0 saturated carbocycles. The Labute approximate surface area is 185 Å². The summed E-state index contributed by atoms with van der Waals surface area (Å²) in [5, 5.41) is 12.0. The maximum Gasteiger partial charge on any atom is 0.307 e. The maximum atomic E-state index is 14.4. The largest absolute Gasteiger partial charge is 0.481 e. The highest BCUT2D eigenvalue weighted by atomic mass is 19.1. The van der Waals surface area contributed by atoms with E-state index in [-0.39, 0.29) is 25.1 Å². The second-order valence-corrected chi connectivity index (χ2v) is 8.19. The van der Waals surface area contributed by atoms with Crippen molar-refractivity contribution in [1.29, 1.82) is 0 Å². The molecule has 0 amide bonds. The Balaban J connectivity index is 1.78. The molecule has 2 atom stereocenters. The average Bonchev–Trinajstić information content (AvgIpc) is 2.72. The molecule has 0 radical (unpaired) electrons. The van der Waals surface area contributed by atoms with E-state index >= 15 is 0 Å². The monoisotopic (exact) mass is 440 g/mol. The second kappa shape index (κ2) is 9.80. The molecule has 32 heavy (non-hydrogen) atoms. The fourth-order valence-electron chi connectivity index (χ4n) is 3.79. The number of anilines is 1. The summed E-state index contributed by atoms with van der Waals surface area (Å²) < 4.78 is 28.3. The Morgan fingerprint density at radius 2 is 1.94 bits per heavy atom. The summed E-state index contributed by atoms with van der Waals surface area (Å²) in [5.41, 5.74) is 2.42. The lowest BCUT2D eigenvalue weighted by Gasteiger charge is -2.30. The Hall–Kier alpha value is -3.42. The quantitative estimate of drug-likeness (QED) is 0.500. The number of alkyl halides is 1. The first kappa shape index (κ1) is 23.2. The summed E-state index contributed by atoms with van der Waals surface area (Å²) in [5.74, 6) is -1.01. The van der Waals surface area contributed by atoms with Gasteiger partial charge in [0.15, 0.2) is 0 Å². The summed E-state index contributed by atoms with van der Waals surface area (Å²) in [6.07, 6.45) is 2.08. The van der Waals surface area contributed by atoms with Crippen LogP contribution in [0.1, 0.15) is 37.2 Å². The van der Waals surface area contributed by atoms with E-state index in [1.165, 1.54) is 25.3 Å². The van der Waals surface area contributed by atoms with Crippen molar-refractivity contribution in [2.24, 2.45) is 0 Å². The van der Waals surface area contributed by atoms with Crippen LogP contribution in [0, 0.1) is 12.7 Å². The molecule has 168 valence electrons. The van der Waals surface area contributed by atoms with Crippen molar-refractivity contribution in [2.75, 3.05) is 11.9 Å². The number of carboxylic acid groups (broad SMARTS) is 1. The van der Waals surface area contributed by atoms with Crippen LogP contribution in [0.4, 0.5) is 14.7 Å². The molecule has 2 N–H and O–H groups in total. The number of carbonyl (C=O) groups is 1. The second-order valence-electron chi connectivity index (χ2n) is 8.19. The SMILES string of the molecule is Cc1nc(NC[C@@](C)(C[C@@H](C)F)c2ncccc2F)ncc1-c1ccc(CC(=O)O)cc1. The molecule has 3 aromatic rings. The minimum Gasteiger partial charge on any atom is -0.481 e. The van der Waals surface area contributed by atoms with E-state index in [1.54, 1.807) is 25.3 Å². The van der Waals surface area contributed by atoms with E-state index in [2.05, 4.69) is 20.3 Å². The van der Waals surface area contributed by atoms with E-state index in [1.807, 2.05) is 19.1 Å². The van der Waals surface area contributed by atoms with Gasteiger partial charge >= 0.3 is 5.97 Å². The fourth-order valence-corrected chi connectivity index (χ4v) is 3.79. The van der Waals surface area contributed by atoms with Gasteiger partial charge in [0, 0.05) is 29.9 Å². The van der Waals surface area contributed by atoms with Crippen LogP contribution in [-0.4, -0.2) is 38.7 Å². The number of carboxylic acids is 1. The Bertz CT molecular complexity index is 1090. The molecule has 0 aliphatic heterocycles. The topological polar surface area (TPSA) is 88.0 Å². The van der Waals surface area contributed by atoms with Gasteiger partial charge in [-0.1, -0.05) is 31.2 Å². The van der Waals surface area contributed by atoms with Crippen molar-refractivity contribution < 1.29 is 18.7 Å². The van der Waals surface area contributed by atoms with Crippen LogP contribution >= 0.6 is 0 Å². The minimum absolute atomic E-state index is 0.0360. The molecule has 0 aliphatic rings. The summed E-state index contributed by atoms with van der Waals surface area (Å²) in [7, 11) is 0. The van der Waals surface area contributed by atoms with Crippen LogP contribution in [0.25, 0.3) is 11.1 Å². The van der Waals surface area contributed by atoms with E-state index < -0.39 is 23.4 Å². The zero-order valence-electron chi connectivity index (χ0n) is 18.3. The van der Waals surface area contributed by atoms with Gasteiger partial charge in [-0.2, -0.15) is 0 Å². The highest BCUT2D eigenvalue weighted by Gasteiger charge is 2.33. The molecular formula is C24H26F2N4O2. The molecule has 2 aromatic heterocycles. The molecule has 0 fully saturated rings. The van der Waals surface area contributed by atoms with Gasteiger partial charge < -0.3 is 10.4 Å². The molecular weight excluding hydrogens is 414 g/mol. The van der Waals surface area contributed by atoms with Crippen molar-refractivity contribution in [3.8, 4) is 11.1 Å². The van der Waals surface area contributed by atoms with Crippen LogP contribution in [0.15, 0.2) is 48.8 Å². The highest BCUT2D eigenvalue weighted by molar-refractivity contribution is 5.71. The van der Waals surface area contributed by atoms with Gasteiger partial charge in [-0.15, -0.1) is 0 Å². The summed E-state index contributed by atoms with van der Waals surface area (Å²) >= 11 is 0. The van der Waals surface area contributed by atoms with E-state index in [9.17, 15) is 13.6 Å². The third-order valence-electron chi connectivity index (χ3n) is 5.30. The fraction of sp³-hybridized carbons (Fsp3) is 0.333.